The third-order valence-corrected chi connectivity index (χ3v) is 2.41. The highest BCUT2D eigenvalue weighted by atomic mass is 32.1. The van der Waals surface area contributed by atoms with Crippen LogP contribution < -0.4 is 22.3 Å². The van der Waals surface area contributed by atoms with Crippen molar-refractivity contribution < 1.29 is 25.5 Å². The average molecular weight is 354 g/mol. The summed E-state index contributed by atoms with van der Waals surface area (Å²) in [5.41, 5.74) is 14.3. The summed E-state index contributed by atoms with van der Waals surface area (Å²) in [5, 5.41) is 53.9. The van der Waals surface area contributed by atoms with Gasteiger partial charge in [0.15, 0.2) is 10.2 Å². The number of nitrogens with zero attached hydrogens (tertiary/aromatic N) is 2. The third-order valence-electron chi connectivity index (χ3n) is 2.22. The second-order valence-corrected chi connectivity index (χ2v) is 4.80. The van der Waals surface area contributed by atoms with Crippen molar-refractivity contribution in [3.8, 4) is 0 Å². The number of aliphatic hydroxyl groups excluding tert-OH is 5. The molecule has 0 aliphatic carbocycles. The Morgan fingerprint density at radius 3 is 2.05 bits per heavy atom. The molecule has 11 nitrogen and oxygen atoms in total. The van der Waals surface area contributed by atoms with Crippen molar-refractivity contribution in [2.75, 3.05) is 6.61 Å². The van der Waals surface area contributed by atoms with E-state index >= 15 is 0 Å². The van der Waals surface area contributed by atoms with Crippen molar-refractivity contribution in [3.05, 3.63) is 0 Å². The first-order valence-corrected chi connectivity index (χ1v) is 6.57. The Balaban J connectivity index is 5.13. The molecule has 0 radical (unpaired) electrons. The molecule has 0 heterocycles. The smallest absolute Gasteiger partial charge is 0.184 e. The lowest BCUT2D eigenvalue weighted by Crippen LogP contribution is -2.49. The van der Waals surface area contributed by atoms with Crippen molar-refractivity contribution in [1.82, 2.24) is 10.9 Å². The van der Waals surface area contributed by atoms with Crippen LogP contribution in [-0.4, -0.2) is 78.7 Å². The second-order valence-electron chi connectivity index (χ2n) is 3.92. The maximum atomic E-state index is 9.93. The molecule has 4 unspecified atom stereocenters. The summed E-state index contributed by atoms with van der Waals surface area (Å²) >= 11 is 9.03. The van der Waals surface area contributed by atoms with Crippen molar-refractivity contribution in [3.63, 3.8) is 0 Å². The predicted octanol–water partition coefficient (Wildman–Crippen LogP) is -4.57. The molecule has 4 atom stereocenters. The van der Waals surface area contributed by atoms with E-state index in [1.807, 2.05) is 0 Å². The molecule has 0 bridgehead atoms. The van der Waals surface area contributed by atoms with E-state index in [-0.39, 0.29) is 15.9 Å². The van der Waals surface area contributed by atoms with Crippen LogP contribution in [0.1, 0.15) is 0 Å². The topological polar surface area (TPSA) is 202 Å². The summed E-state index contributed by atoms with van der Waals surface area (Å²) in [5.74, 6) is 0. The number of rotatable bonds is 8. The van der Waals surface area contributed by atoms with E-state index in [0.717, 1.165) is 6.21 Å². The number of hydrazone groups is 2. The minimum absolute atomic E-state index is 0.163. The lowest BCUT2D eigenvalue weighted by Gasteiger charge is -2.25. The van der Waals surface area contributed by atoms with Gasteiger partial charge in [-0.15, -0.1) is 0 Å². The van der Waals surface area contributed by atoms with Crippen LogP contribution in [0.4, 0.5) is 0 Å². The van der Waals surface area contributed by atoms with Crippen LogP contribution in [0.2, 0.25) is 0 Å². The van der Waals surface area contributed by atoms with Gasteiger partial charge in [-0.05, 0) is 24.4 Å². The molecule has 0 amide bonds. The van der Waals surface area contributed by atoms with Gasteiger partial charge in [-0.25, -0.2) is 0 Å². The second kappa shape index (κ2) is 10.3. The van der Waals surface area contributed by atoms with Crippen LogP contribution in [0.25, 0.3) is 0 Å². The minimum Gasteiger partial charge on any atom is -0.394 e. The zero-order valence-electron chi connectivity index (χ0n) is 11.2. The molecule has 0 aliphatic heterocycles. The maximum Gasteiger partial charge on any atom is 0.184 e. The monoisotopic (exact) mass is 354 g/mol. The fourth-order valence-corrected chi connectivity index (χ4v) is 1.25. The van der Waals surface area contributed by atoms with Crippen LogP contribution in [0.3, 0.4) is 0 Å². The fourth-order valence-electron chi connectivity index (χ4n) is 1.15. The molecule has 22 heavy (non-hydrogen) atoms. The first kappa shape index (κ1) is 20.5. The van der Waals surface area contributed by atoms with Crippen LogP contribution in [-0.2, 0) is 0 Å². The Hall–Kier alpha value is -1.48. The summed E-state index contributed by atoms with van der Waals surface area (Å²) < 4.78 is 0. The number of hydrogen-bond donors (Lipinski definition) is 9. The predicted molar refractivity (Wildman–Crippen MR) is 86.9 cm³/mol. The quantitative estimate of drug-likeness (QED) is 0.115. The lowest BCUT2D eigenvalue weighted by atomic mass is 10.0. The highest BCUT2D eigenvalue weighted by Crippen LogP contribution is 2.06. The van der Waals surface area contributed by atoms with E-state index < -0.39 is 31.0 Å². The van der Waals surface area contributed by atoms with Gasteiger partial charge < -0.3 is 37.0 Å². The Labute approximate surface area is 136 Å². The molecule has 11 N–H and O–H groups in total. The van der Waals surface area contributed by atoms with E-state index in [1.165, 1.54) is 0 Å². The van der Waals surface area contributed by atoms with Gasteiger partial charge in [0.05, 0.1) is 12.8 Å². The molecule has 0 rings (SSSR count). The van der Waals surface area contributed by atoms with Gasteiger partial charge >= 0.3 is 0 Å². The van der Waals surface area contributed by atoms with Gasteiger partial charge in [-0.1, -0.05) is 0 Å². The first-order valence-electron chi connectivity index (χ1n) is 5.75. The highest BCUT2D eigenvalue weighted by molar-refractivity contribution is 7.80. The SMILES string of the molecule is NC(=S)N/N=C/C(=N\NC(N)=S)C(O)C(O)C(O)C(O)CO. The fraction of sp³-hybridized carbons (Fsp3) is 0.556. The van der Waals surface area contributed by atoms with Gasteiger partial charge in [0.25, 0.3) is 0 Å². The molecule has 0 fully saturated rings. The van der Waals surface area contributed by atoms with E-state index in [2.05, 4.69) is 45.5 Å². The molecule has 0 aliphatic rings. The van der Waals surface area contributed by atoms with Gasteiger partial charge in [0.2, 0.25) is 0 Å². The van der Waals surface area contributed by atoms with E-state index in [0.29, 0.717) is 0 Å². The zero-order valence-corrected chi connectivity index (χ0v) is 12.8. The molecular formula is C9H18N6O5S2. The van der Waals surface area contributed by atoms with Crippen LogP contribution >= 0.6 is 24.4 Å². The van der Waals surface area contributed by atoms with Gasteiger partial charge in [-0.2, -0.15) is 10.2 Å². The molecule has 0 saturated carbocycles. The summed E-state index contributed by atoms with van der Waals surface area (Å²) in [7, 11) is 0. The molecular weight excluding hydrogens is 336 g/mol. The Bertz CT molecular complexity index is 448. The average Bonchev–Trinajstić information content (AvgIpc) is 2.46. The number of aliphatic hydroxyl groups is 5. The largest absolute Gasteiger partial charge is 0.394 e. The van der Waals surface area contributed by atoms with Gasteiger partial charge in [0, 0.05) is 0 Å². The van der Waals surface area contributed by atoms with E-state index in [4.69, 9.17) is 16.6 Å². The van der Waals surface area contributed by atoms with Crippen LogP contribution in [0, 0.1) is 0 Å². The third kappa shape index (κ3) is 7.51. The molecule has 0 aromatic carbocycles. The molecule has 0 saturated heterocycles. The van der Waals surface area contributed by atoms with E-state index in [9.17, 15) is 20.4 Å². The first-order chi connectivity index (χ1) is 10.2. The Morgan fingerprint density at radius 2 is 1.59 bits per heavy atom. The zero-order chi connectivity index (χ0) is 17.3. The number of nitrogens with one attached hydrogen (secondary N) is 2. The van der Waals surface area contributed by atoms with Crippen molar-refractivity contribution >= 4 is 46.6 Å². The minimum atomic E-state index is -1.88. The van der Waals surface area contributed by atoms with Crippen molar-refractivity contribution in [2.24, 2.45) is 21.7 Å². The number of thiocarbonyl (C=S) groups is 2. The standard InChI is InChI=1S/C9H18N6O5S2/c10-8(21)14-12-1-3(13-15-9(11)22)5(18)7(20)6(19)4(17)2-16/h1,4-7,16-20H,2H2,(H3,10,14,21)(H3,11,15,22)/b12-1+,13-3+. The van der Waals surface area contributed by atoms with Gasteiger partial charge in [-0.3, -0.25) is 10.9 Å². The van der Waals surface area contributed by atoms with E-state index in [1.54, 1.807) is 0 Å². The van der Waals surface area contributed by atoms with Crippen molar-refractivity contribution in [1.29, 1.82) is 0 Å². The van der Waals surface area contributed by atoms with Crippen LogP contribution in [0.5, 0.6) is 0 Å². The summed E-state index contributed by atoms with van der Waals surface area (Å²) in [6, 6.07) is 0. The summed E-state index contributed by atoms with van der Waals surface area (Å²) in [6.45, 7) is -0.820. The molecule has 0 aromatic heterocycles. The van der Waals surface area contributed by atoms with Crippen molar-refractivity contribution in [2.45, 2.75) is 24.4 Å². The molecule has 13 heteroatoms. The van der Waals surface area contributed by atoms with Crippen LogP contribution in [0.15, 0.2) is 10.2 Å². The Kier molecular flexibility index (Phi) is 9.59. The highest BCUT2D eigenvalue weighted by Gasteiger charge is 2.32. The lowest BCUT2D eigenvalue weighted by molar-refractivity contribution is -0.100. The summed E-state index contributed by atoms with van der Waals surface area (Å²) in [4.78, 5) is 0. The molecule has 126 valence electrons. The molecule has 0 spiro atoms. The number of nitrogens with two attached hydrogens (primary N) is 2. The normalized spacial score (nSPS) is 17.6. The summed E-state index contributed by atoms with van der Waals surface area (Å²) in [6.07, 6.45) is -6.26. The van der Waals surface area contributed by atoms with Gasteiger partial charge in [0.1, 0.15) is 30.1 Å². The number of hydrogen-bond acceptors (Lipinski definition) is 9. The maximum absolute atomic E-state index is 9.93. The molecule has 0 aromatic rings. The Morgan fingerprint density at radius 1 is 1.05 bits per heavy atom.